The average Bonchev–Trinajstić information content (AvgIpc) is 2.59. The summed E-state index contributed by atoms with van der Waals surface area (Å²) in [6.45, 7) is 2.15. The van der Waals surface area contributed by atoms with Gasteiger partial charge in [0.05, 0.1) is 14.2 Å². The predicted molar refractivity (Wildman–Crippen MR) is 86.1 cm³/mol. The van der Waals surface area contributed by atoms with E-state index in [2.05, 4.69) is 16.4 Å². The van der Waals surface area contributed by atoms with Crippen molar-refractivity contribution in [3.05, 3.63) is 47.0 Å². The zero-order valence-corrected chi connectivity index (χ0v) is 13.8. The summed E-state index contributed by atoms with van der Waals surface area (Å²) in [4.78, 5) is 35.2. The number of ether oxygens (including phenoxy) is 2. The molecule has 0 aliphatic rings. The van der Waals surface area contributed by atoms with Gasteiger partial charge in [-0.3, -0.25) is 4.79 Å². The Morgan fingerprint density at radius 3 is 2.00 bits per heavy atom. The minimum absolute atomic E-state index is 0.398. The Morgan fingerprint density at radius 2 is 1.52 bits per heavy atom. The molecule has 0 radical (unpaired) electrons. The van der Waals surface area contributed by atoms with E-state index in [1.807, 2.05) is 12.1 Å². The topological polar surface area (TPSA) is 69.7 Å². The molecular weight excluding hydrogens is 296 g/mol. The van der Waals surface area contributed by atoms with Crippen LogP contribution in [0.25, 0.3) is 0 Å². The third-order valence-corrected chi connectivity index (χ3v) is 3.39. The largest absolute Gasteiger partial charge is 0.465 e. The number of ketones is 1. The van der Waals surface area contributed by atoms with Crippen LogP contribution in [-0.4, -0.2) is 31.9 Å². The van der Waals surface area contributed by atoms with E-state index in [1.54, 1.807) is 12.1 Å². The van der Waals surface area contributed by atoms with Crippen LogP contribution < -0.4 is 0 Å². The van der Waals surface area contributed by atoms with Gasteiger partial charge in [0.25, 0.3) is 0 Å². The molecule has 124 valence electrons. The first kappa shape index (κ1) is 18.6. The van der Waals surface area contributed by atoms with E-state index in [9.17, 15) is 14.4 Å². The highest BCUT2D eigenvalue weighted by Crippen LogP contribution is 2.11. The number of esters is 2. The number of rotatable bonds is 8. The molecule has 0 saturated heterocycles. The van der Waals surface area contributed by atoms with Crippen LogP contribution in [0.1, 0.15) is 42.1 Å². The van der Waals surface area contributed by atoms with Crippen LogP contribution in [0.15, 0.2) is 35.9 Å². The van der Waals surface area contributed by atoms with E-state index in [0.29, 0.717) is 5.56 Å². The molecule has 0 amide bonds. The lowest BCUT2D eigenvalue weighted by Crippen LogP contribution is -2.17. The second-order valence-corrected chi connectivity index (χ2v) is 5.06. The smallest absolute Gasteiger partial charge is 0.345 e. The third kappa shape index (κ3) is 5.70. The van der Waals surface area contributed by atoms with Gasteiger partial charge in [-0.25, -0.2) is 9.59 Å². The van der Waals surface area contributed by atoms with Gasteiger partial charge in [-0.05, 0) is 18.4 Å². The number of carbonyl (C=O) groups excluding carboxylic acids is 3. The predicted octanol–water partition coefficient (Wildman–Crippen LogP) is 2.87. The molecule has 23 heavy (non-hydrogen) atoms. The van der Waals surface area contributed by atoms with Gasteiger partial charge in [0.15, 0.2) is 5.78 Å². The number of carbonyl (C=O) groups is 3. The Balaban J connectivity index is 2.88. The van der Waals surface area contributed by atoms with Crippen molar-refractivity contribution in [2.24, 2.45) is 0 Å². The van der Waals surface area contributed by atoms with E-state index in [-0.39, 0.29) is 0 Å². The molecule has 1 aromatic carbocycles. The summed E-state index contributed by atoms with van der Waals surface area (Å²) in [5.74, 6) is -2.25. The number of aryl methyl sites for hydroxylation is 1. The first-order valence-corrected chi connectivity index (χ1v) is 7.55. The van der Waals surface area contributed by atoms with E-state index >= 15 is 0 Å². The molecule has 0 atom stereocenters. The maximum absolute atomic E-state index is 12.2. The standard InChI is InChI=1S/C18H22O5/c1-4-5-6-7-13-8-10-14(11-9-13)16(19)12-15(17(20)22-2)18(21)23-3/h8-12H,4-7H2,1-3H3. The van der Waals surface area contributed by atoms with Gasteiger partial charge in [-0.2, -0.15) is 0 Å². The molecule has 0 spiro atoms. The summed E-state index contributed by atoms with van der Waals surface area (Å²) in [7, 11) is 2.27. The molecule has 1 aromatic rings. The fraction of sp³-hybridized carbons (Fsp3) is 0.389. The molecular formula is C18H22O5. The van der Waals surface area contributed by atoms with Crippen LogP contribution in [0.4, 0.5) is 0 Å². The van der Waals surface area contributed by atoms with Crippen molar-refractivity contribution in [2.45, 2.75) is 32.6 Å². The van der Waals surface area contributed by atoms with Crippen molar-refractivity contribution in [2.75, 3.05) is 14.2 Å². The van der Waals surface area contributed by atoms with E-state index in [1.165, 1.54) is 6.42 Å². The van der Waals surface area contributed by atoms with Crippen molar-refractivity contribution >= 4 is 17.7 Å². The van der Waals surface area contributed by atoms with Crippen LogP contribution >= 0.6 is 0 Å². The highest BCUT2D eigenvalue weighted by atomic mass is 16.5. The summed E-state index contributed by atoms with van der Waals surface area (Å²) in [5, 5.41) is 0. The van der Waals surface area contributed by atoms with Gasteiger partial charge < -0.3 is 9.47 Å². The summed E-state index contributed by atoms with van der Waals surface area (Å²) < 4.78 is 8.97. The molecule has 5 heteroatoms. The summed E-state index contributed by atoms with van der Waals surface area (Å²) in [6, 6.07) is 7.14. The number of hydrogen-bond donors (Lipinski definition) is 0. The maximum atomic E-state index is 12.2. The van der Waals surface area contributed by atoms with Gasteiger partial charge in [0.1, 0.15) is 5.57 Å². The molecule has 0 N–H and O–H groups in total. The monoisotopic (exact) mass is 318 g/mol. The second kappa shape index (κ2) is 9.56. The normalized spacial score (nSPS) is 9.87. The lowest BCUT2D eigenvalue weighted by molar-refractivity contribution is -0.144. The minimum atomic E-state index is -0.901. The van der Waals surface area contributed by atoms with Gasteiger partial charge in [0.2, 0.25) is 0 Å². The molecule has 0 aromatic heterocycles. The zero-order valence-electron chi connectivity index (χ0n) is 13.8. The Kier molecular flexibility index (Phi) is 7.74. The quantitative estimate of drug-likeness (QED) is 0.184. The molecule has 0 bridgehead atoms. The average molecular weight is 318 g/mol. The van der Waals surface area contributed by atoms with Gasteiger partial charge in [0, 0.05) is 11.6 Å². The van der Waals surface area contributed by atoms with Gasteiger partial charge in [-0.15, -0.1) is 0 Å². The third-order valence-electron chi connectivity index (χ3n) is 3.39. The zero-order chi connectivity index (χ0) is 17.2. The highest BCUT2D eigenvalue weighted by Gasteiger charge is 2.21. The van der Waals surface area contributed by atoms with Crippen LogP contribution in [-0.2, 0) is 25.5 Å². The van der Waals surface area contributed by atoms with E-state index in [0.717, 1.165) is 45.1 Å². The van der Waals surface area contributed by atoms with Crippen molar-refractivity contribution in [1.82, 2.24) is 0 Å². The second-order valence-electron chi connectivity index (χ2n) is 5.06. The summed E-state index contributed by atoms with van der Waals surface area (Å²) in [5.41, 5.74) is 1.13. The van der Waals surface area contributed by atoms with Gasteiger partial charge >= 0.3 is 11.9 Å². The Hall–Kier alpha value is -2.43. The van der Waals surface area contributed by atoms with Crippen LogP contribution in [0.5, 0.6) is 0 Å². The number of methoxy groups -OCH3 is 2. The Bertz CT molecular complexity index is 566. The fourth-order valence-electron chi connectivity index (χ4n) is 2.05. The van der Waals surface area contributed by atoms with E-state index < -0.39 is 23.3 Å². The summed E-state index contributed by atoms with van der Waals surface area (Å²) in [6.07, 6.45) is 5.35. The minimum Gasteiger partial charge on any atom is -0.465 e. The molecule has 1 rings (SSSR count). The van der Waals surface area contributed by atoms with Crippen LogP contribution in [0.3, 0.4) is 0 Å². The Morgan fingerprint density at radius 1 is 0.957 bits per heavy atom. The van der Waals surface area contributed by atoms with Crippen molar-refractivity contribution in [3.63, 3.8) is 0 Å². The first-order valence-electron chi connectivity index (χ1n) is 7.55. The maximum Gasteiger partial charge on any atom is 0.345 e. The molecule has 0 fully saturated rings. The van der Waals surface area contributed by atoms with Crippen LogP contribution in [0.2, 0.25) is 0 Å². The van der Waals surface area contributed by atoms with Crippen molar-refractivity contribution in [3.8, 4) is 0 Å². The summed E-state index contributed by atoms with van der Waals surface area (Å²) >= 11 is 0. The van der Waals surface area contributed by atoms with Crippen LogP contribution in [0, 0.1) is 0 Å². The number of allylic oxidation sites excluding steroid dienone is 1. The molecule has 0 aliphatic heterocycles. The lowest BCUT2D eigenvalue weighted by Gasteiger charge is -2.04. The van der Waals surface area contributed by atoms with E-state index in [4.69, 9.17) is 0 Å². The highest BCUT2D eigenvalue weighted by molar-refractivity contribution is 6.20. The van der Waals surface area contributed by atoms with Gasteiger partial charge in [-0.1, -0.05) is 44.0 Å². The number of hydrogen-bond acceptors (Lipinski definition) is 5. The first-order chi connectivity index (χ1) is 11.0. The SMILES string of the molecule is CCCCCc1ccc(C(=O)C=C(C(=O)OC)C(=O)OC)cc1. The number of unbranched alkanes of at least 4 members (excludes halogenated alkanes) is 2. The molecule has 0 unspecified atom stereocenters. The number of benzene rings is 1. The fourth-order valence-corrected chi connectivity index (χ4v) is 2.05. The van der Waals surface area contributed by atoms with Crippen molar-refractivity contribution in [1.29, 1.82) is 0 Å². The molecule has 0 aliphatic carbocycles. The Labute approximate surface area is 136 Å². The molecule has 0 saturated carbocycles. The molecule has 0 heterocycles. The van der Waals surface area contributed by atoms with Crippen molar-refractivity contribution < 1.29 is 23.9 Å². The molecule has 5 nitrogen and oxygen atoms in total. The lowest BCUT2D eigenvalue weighted by atomic mass is 10.0.